The molecule has 0 aliphatic carbocycles. The largest absolute Gasteiger partial charge is 0.478 e. The van der Waals surface area contributed by atoms with Crippen LogP contribution in [0.2, 0.25) is 0 Å². The Hall–Kier alpha value is -3.68. The predicted molar refractivity (Wildman–Crippen MR) is 141 cm³/mol. The molecule has 5 rings (SSSR count). The van der Waals surface area contributed by atoms with Gasteiger partial charge in [0.25, 0.3) is 5.91 Å². The van der Waals surface area contributed by atoms with E-state index in [1.54, 1.807) is 12.1 Å². The van der Waals surface area contributed by atoms with Crippen molar-refractivity contribution >= 4 is 62.8 Å². The molecule has 1 fully saturated rings. The van der Waals surface area contributed by atoms with Crippen LogP contribution in [0.4, 0.5) is 5.69 Å². The standard InChI is InChI=1S/C27H20N2O3S2/c1-17-7-2-3-8-19(17)15-28-16-20(22-11-4-5-12-23(22)28)14-24-25(30)29(27(33)34-24)21-10-6-9-18(13-21)26(31)32/h2-14,16H,15H2,1H3,(H,31,32)/b24-14-. The number of thiocarbonyl (C=S) groups is 1. The van der Waals surface area contributed by atoms with Crippen LogP contribution in [0, 0.1) is 6.92 Å². The van der Waals surface area contributed by atoms with Crippen molar-refractivity contribution in [3.05, 3.63) is 106 Å². The summed E-state index contributed by atoms with van der Waals surface area (Å²) in [6.45, 7) is 2.83. The zero-order valence-corrected chi connectivity index (χ0v) is 19.9. The number of hydrogen-bond acceptors (Lipinski definition) is 4. The summed E-state index contributed by atoms with van der Waals surface area (Å²) >= 11 is 6.70. The number of benzene rings is 3. The van der Waals surface area contributed by atoms with Crippen LogP contribution in [0.1, 0.15) is 27.0 Å². The van der Waals surface area contributed by atoms with Crippen LogP contribution >= 0.6 is 24.0 Å². The van der Waals surface area contributed by atoms with Crippen molar-refractivity contribution in [1.82, 2.24) is 4.57 Å². The highest BCUT2D eigenvalue weighted by atomic mass is 32.2. The van der Waals surface area contributed by atoms with Gasteiger partial charge in [-0.1, -0.05) is 72.5 Å². The number of aryl methyl sites for hydroxylation is 1. The van der Waals surface area contributed by atoms with E-state index in [2.05, 4.69) is 35.9 Å². The Balaban J connectivity index is 1.52. The second-order valence-corrected chi connectivity index (χ2v) is 9.70. The molecule has 4 aromatic rings. The van der Waals surface area contributed by atoms with Gasteiger partial charge in [0.2, 0.25) is 0 Å². The number of aromatic carboxylic acids is 1. The lowest BCUT2D eigenvalue weighted by Crippen LogP contribution is -2.27. The topological polar surface area (TPSA) is 62.5 Å². The van der Waals surface area contributed by atoms with Gasteiger partial charge in [-0.3, -0.25) is 9.69 Å². The first-order chi connectivity index (χ1) is 16.4. The number of hydrogen-bond donors (Lipinski definition) is 1. The number of nitrogens with zero attached hydrogens (tertiary/aromatic N) is 2. The van der Waals surface area contributed by atoms with Crippen molar-refractivity contribution < 1.29 is 14.7 Å². The molecule has 1 aliphatic rings. The summed E-state index contributed by atoms with van der Waals surface area (Å²) in [5, 5.41) is 10.4. The van der Waals surface area contributed by atoms with E-state index in [0.29, 0.717) is 14.9 Å². The first-order valence-corrected chi connectivity index (χ1v) is 11.9. The molecule has 7 heteroatoms. The van der Waals surface area contributed by atoms with Crippen molar-refractivity contribution in [1.29, 1.82) is 0 Å². The molecule has 0 spiro atoms. The predicted octanol–water partition coefficient (Wildman–Crippen LogP) is 6.10. The zero-order chi connectivity index (χ0) is 23.8. The van der Waals surface area contributed by atoms with Gasteiger partial charge in [-0.15, -0.1) is 0 Å². The molecule has 168 valence electrons. The smallest absolute Gasteiger partial charge is 0.335 e. The first-order valence-electron chi connectivity index (χ1n) is 10.7. The van der Waals surface area contributed by atoms with Gasteiger partial charge >= 0.3 is 5.97 Å². The molecule has 1 aromatic heterocycles. The molecule has 1 saturated heterocycles. The van der Waals surface area contributed by atoms with Crippen LogP contribution in [0.3, 0.4) is 0 Å². The molecular formula is C27H20N2O3S2. The molecule has 1 aliphatic heterocycles. The maximum Gasteiger partial charge on any atom is 0.335 e. The fraction of sp³-hybridized carbons (Fsp3) is 0.0741. The summed E-state index contributed by atoms with van der Waals surface area (Å²) in [5.74, 6) is -1.31. The summed E-state index contributed by atoms with van der Waals surface area (Å²) < 4.78 is 2.57. The number of anilines is 1. The van der Waals surface area contributed by atoms with E-state index in [1.165, 1.54) is 39.9 Å². The van der Waals surface area contributed by atoms with E-state index in [9.17, 15) is 14.7 Å². The van der Waals surface area contributed by atoms with Crippen molar-refractivity contribution in [2.75, 3.05) is 4.90 Å². The summed E-state index contributed by atoms with van der Waals surface area (Å²) in [5.41, 5.74) is 5.04. The van der Waals surface area contributed by atoms with E-state index in [4.69, 9.17) is 12.2 Å². The average molecular weight is 485 g/mol. The fourth-order valence-electron chi connectivity index (χ4n) is 4.10. The SMILES string of the molecule is Cc1ccccc1Cn1cc(/C=C2\SC(=S)N(c3cccc(C(=O)O)c3)C2=O)c2ccccc21. The van der Waals surface area contributed by atoms with Gasteiger partial charge in [0, 0.05) is 29.2 Å². The number of aromatic nitrogens is 1. The highest BCUT2D eigenvalue weighted by molar-refractivity contribution is 8.27. The van der Waals surface area contributed by atoms with Crippen LogP contribution in [0.15, 0.2) is 83.9 Å². The molecule has 1 N–H and O–H groups in total. The second-order valence-electron chi connectivity index (χ2n) is 8.03. The van der Waals surface area contributed by atoms with Crippen molar-refractivity contribution in [2.45, 2.75) is 13.5 Å². The Labute approximate surface area is 206 Å². The zero-order valence-electron chi connectivity index (χ0n) is 18.3. The lowest BCUT2D eigenvalue weighted by Gasteiger charge is -2.14. The Bertz CT molecular complexity index is 1500. The molecular weight excluding hydrogens is 464 g/mol. The monoisotopic (exact) mass is 484 g/mol. The van der Waals surface area contributed by atoms with Crippen molar-refractivity contribution in [3.8, 4) is 0 Å². The third kappa shape index (κ3) is 4.04. The average Bonchev–Trinajstić information content (AvgIpc) is 3.31. The Morgan fingerprint density at radius 3 is 2.62 bits per heavy atom. The molecule has 0 atom stereocenters. The van der Waals surface area contributed by atoms with Gasteiger partial charge in [-0.05, 0) is 48.4 Å². The van der Waals surface area contributed by atoms with Crippen LogP contribution in [0.25, 0.3) is 17.0 Å². The number of fused-ring (bicyclic) bond motifs is 1. The van der Waals surface area contributed by atoms with Crippen LogP contribution in [-0.2, 0) is 11.3 Å². The number of carbonyl (C=O) groups is 2. The van der Waals surface area contributed by atoms with Gasteiger partial charge in [0.05, 0.1) is 16.2 Å². The van der Waals surface area contributed by atoms with E-state index in [-0.39, 0.29) is 11.5 Å². The summed E-state index contributed by atoms with van der Waals surface area (Å²) in [6, 6.07) is 22.7. The van der Waals surface area contributed by atoms with Gasteiger partial charge < -0.3 is 9.67 Å². The van der Waals surface area contributed by atoms with Gasteiger partial charge in [0.1, 0.15) is 0 Å². The maximum absolute atomic E-state index is 13.3. The van der Waals surface area contributed by atoms with E-state index < -0.39 is 5.97 Å². The van der Waals surface area contributed by atoms with Crippen molar-refractivity contribution in [2.24, 2.45) is 0 Å². The molecule has 5 nitrogen and oxygen atoms in total. The quantitative estimate of drug-likeness (QED) is 0.274. The number of thioether (sulfide) groups is 1. The second kappa shape index (κ2) is 8.93. The van der Waals surface area contributed by atoms with Crippen LogP contribution in [0.5, 0.6) is 0 Å². The molecule has 0 radical (unpaired) electrons. The highest BCUT2D eigenvalue weighted by Gasteiger charge is 2.33. The third-order valence-electron chi connectivity index (χ3n) is 5.85. The van der Waals surface area contributed by atoms with E-state index >= 15 is 0 Å². The lowest BCUT2D eigenvalue weighted by atomic mass is 10.1. The molecule has 0 bridgehead atoms. The summed E-state index contributed by atoms with van der Waals surface area (Å²) in [6.07, 6.45) is 3.94. The lowest BCUT2D eigenvalue weighted by molar-refractivity contribution is -0.113. The number of carboxylic acid groups (broad SMARTS) is 1. The molecule has 1 amide bonds. The van der Waals surface area contributed by atoms with Crippen LogP contribution in [-0.4, -0.2) is 25.9 Å². The number of carbonyl (C=O) groups excluding carboxylic acids is 1. The Kier molecular flexibility index (Phi) is 5.81. The normalized spacial score (nSPS) is 15.0. The molecule has 0 unspecified atom stereocenters. The highest BCUT2D eigenvalue weighted by Crippen LogP contribution is 2.37. The molecule has 34 heavy (non-hydrogen) atoms. The van der Waals surface area contributed by atoms with Gasteiger partial charge in [-0.2, -0.15) is 0 Å². The minimum absolute atomic E-state index is 0.106. The summed E-state index contributed by atoms with van der Waals surface area (Å²) in [4.78, 5) is 26.5. The molecule has 0 saturated carbocycles. The summed E-state index contributed by atoms with van der Waals surface area (Å²) in [7, 11) is 0. The van der Waals surface area contributed by atoms with Crippen LogP contribution < -0.4 is 4.90 Å². The minimum atomic E-state index is -1.05. The van der Waals surface area contributed by atoms with Crippen molar-refractivity contribution in [3.63, 3.8) is 0 Å². The minimum Gasteiger partial charge on any atom is -0.478 e. The maximum atomic E-state index is 13.3. The Morgan fingerprint density at radius 1 is 1.06 bits per heavy atom. The number of amides is 1. The van der Waals surface area contributed by atoms with Gasteiger partial charge in [0.15, 0.2) is 4.32 Å². The third-order valence-corrected chi connectivity index (χ3v) is 7.16. The fourth-order valence-corrected chi connectivity index (χ4v) is 5.39. The molecule has 2 heterocycles. The number of carboxylic acids is 1. The number of rotatable bonds is 5. The van der Waals surface area contributed by atoms with E-state index in [0.717, 1.165) is 23.0 Å². The first kappa shape index (κ1) is 22.1. The molecule has 3 aromatic carbocycles. The van der Waals surface area contributed by atoms with Gasteiger partial charge in [-0.25, -0.2) is 4.79 Å². The number of para-hydroxylation sites is 1. The Morgan fingerprint density at radius 2 is 1.82 bits per heavy atom. The van der Waals surface area contributed by atoms with E-state index in [1.807, 2.05) is 36.4 Å².